The number of azo groups is 1. The molecule has 1 aliphatic heterocycles. The van der Waals surface area contributed by atoms with Crippen LogP contribution in [0, 0.1) is 0 Å². The first-order chi connectivity index (χ1) is 12.4. The van der Waals surface area contributed by atoms with E-state index in [9.17, 15) is 14.4 Å². The molecule has 26 heavy (non-hydrogen) atoms. The fourth-order valence-corrected chi connectivity index (χ4v) is 2.90. The van der Waals surface area contributed by atoms with Gasteiger partial charge in [0.1, 0.15) is 5.57 Å². The number of hydrogen-bond donors (Lipinski definition) is 0. The second-order valence-electron chi connectivity index (χ2n) is 5.65. The predicted octanol–water partition coefficient (Wildman–Crippen LogP) is 4.47. The van der Waals surface area contributed by atoms with Gasteiger partial charge in [-0.15, -0.1) is 10.2 Å². The lowest BCUT2D eigenvalue weighted by atomic mass is 10.1. The second kappa shape index (κ2) is 7.01. The number of halogens is 1. The number of ketones is 2. The smallest absolute Gasteiger partial charge is 0.294 e. The van der Waals surface area contributed by atoms with Gasteiger partial charge in [-0.1, -0.05) is 29.8 Å². The van der Waals surface area contributed by atoms with Crippen molar-refractivity contribution in [2.75, 3.05) is 4.90 Å². The van der Waals surface area contributed by atoms with Gasteiger partial charge in [-0.25, -0.2) is 0 Å². The summed E-state index contributed by atoms with van der Waals surface area (Å²) in [4.78, 5) is 37.4. The van der Waals surface area contributed by atoms with E-state index in [0.29, 0.717) is 22.0 Å². The average Bonchev–Trinajstić information content (AvgIpc) is 2.98. The first-order valence-corrected chi connectivity index (χ1v) is 8.15. The van der Waals surface area contributed by atoms with E-state index in [0.717, 1.165) is 0 Å². The molecule has 1 heterocycles. The van der Waals surface area contributed by atoms with Crippen molar-refractivity contribution in [1.29, 1.82) is 0 Å². The van der Waals surface area contributed by atoms with Gasteiger partial charge in [-0.3, -0.25) is 19.3 Å². The highest BCUT2D eigenvalue weighted by atomic mass is 35.5. The minimum absolute atomic E-state index is 0.104. The summed E-state index contributed by atoms with van der Waals surface area (Å²) >= 11 is 6.10. The number of hydrogen-bond acceptors (Lipinski definition) is 5. The van der Waals surface area contributed by atoms with Crippen LogP contribution < -0.4 is 4.90 Å². The molecule has 0 saturated carbocycles. The molecule has 6 nitrogen and oxygen atoms in total. The zero-order chi connectivity index (χ0) is 18.8. The quantitative estimate of drug-likeness (QED) is 0.576. The third-order valence-corrected chi connectivity index (χ3v) is 4.17. The molecule has 2 aromatic carbocycles. The van der Waals surface area contributed by atoms with Gasteiger partial charge >= 0.3 is 5.91 Å². The topological polar surface area (TPSA) is 79.2 Å². The van der Waals surface area contributed by atoms with Crippen LogP contribution in [0.2, 0.25) is 5.02 Å². The lowest BCUT2D eigenvalue weighted by Gasteiger charge is -2.24. The Morgan fingerprint density at radius 1 is 0.923 bits per heavy atom. The molecule has 0 saturated heterocycles. The van der Waals surface area contributed by atoms with Crippen LogP contribution in [-0.2, 0) is 9.59 Å². The van der Waals surface area contributed by atoms with Gasteiger partial charge in [0.05, 0.1) is 5.02 Å². The normalized spacial score (nSPS) is 13.3. The highest BCUT2D eigenvalue weighted by molar-refractivity contribution is 6.34. The Balaban J connectivity index is 2.26. The summed E-state index contributed by atoms with van der Waals surface area (Å²) < 4.78 is 0. The molecule has 1 aliphatic rings. The lowest BCUT2D eigenvalue weighted by molar-refractivity contribution is -0.119. The van der Waals surface area contributed by atoms with Crippen LogP contribution >= 0.6 is 11.6 Å². The number of rotatable bonds is 5. The van der Waals surface area contributed by atoms with Crippen molar-refractivity contribution in [3.8, 4) is 0 Å². The van der Waals surface area contributed by atoms with Crippen LogP contribution in [0.1, 0.15) is 24.2 Å². The second-order valence-corrected chi connectivity index (χ2v) is 6.06. The Bertz CT molecular complexity index is 981. The molecule has 0 N–H and O–H groups in total. The first-order valence-electron chi connectivity index (χ1n) is 7.77. The summed E-state index contributed by atoms with van der Waals surface area (Å²) in [6, 6.07) is 13.9. The van der Waals surface area contributed by atoms with Crippen LogP contribution in [0.25, 0.3) is 0 Å². The van der Waals surface area contributed by atoms with E-state index in [-0.39, 0.29) is 17.2 Å². The summed E-state index contributed by atoms with van der Waals surface area (Å²) in [5.74, 6) is -1.20. The molecule has 0 radical (unpaired) electrons. The van der Waals surface area contributed by atoms with Gasteiger partial charge in [0, 0.05) is 16.9 Å². The van der Waals surface area contributed by atoms with Crippen LogP contribution in [0.4, 0.5) is 11.4 Å². The molecule has 0 fully saturated rings. The Kier molecular flexibility index (Phi) is 4.77. The van der Waals surface area contributed by atoms with Crippen molar-refractivity contribution in [1.82, 2.24) is 0 Å². The monoisotopic (exact) mass is 367 g/mol. The minimum Gasteiger partial charge on any atom is -0.294 e. The fourth-order valence-electron chi connectivity index (χ4n) is 2.65. The number of nitrogens with zero attached hydrogens (tertiary/aromatic N) is 3. The molecule has 2 aromatic rings. The number of para-hydroxylation sites is 1. The number of carbonyl (C=O) groups excluding carboxylic acids is 3. The van der Waals surface area contributed by atoms with Gasteiger partial charge in [0.25, 0.3) is 0 Å². The number of carbonyl (C=O) groups is 3. The molecule has 0 bridgehead atoms. The molecule has 0 spiro atoms. The van der Waals surface area contributed by atoms with Crippen molar-refractivity contribution in [2.24, 2.45) is 10.2 Å². The van der Waals surface area contributed by atoms with Gasteiger partial charge in [-0.05, 0) is 44.2 Å². The van der Waals surface area contributed by atoms with Crippen molar-refractivity contribution in [2.45, 2.75) is 13.8 Å². The maximum absolute atomic E-state index is 12.0. The van der Waals surface area contributed by atoms with Crippen molar-refractivity contribution >= 4 is 40.4 Å². The maximum Gasteiger partial charge on any atom is 0.302 e. The molecule has 130 valence electrons. The van der Waals surface area contributed by atoms with Crippen molar-refractivity contribution in [3.63, 3.8) is 0 Å². The zero-order valence-electron chi connectivity index (χ0n) is 14.1. The average molecular weight is 368 g/mol. The molecule has 7 heteroatoms. The number of anilines is 2. The lowest BCUT2D eigenvalue weighted by Crippen LogP contribution is -2.19. The van der Waals surface area contributed by atoms with Crippen LogP contribution in [0.5, 0.6) is 0 Å². The number of benzene rings is 2. The summed E-state index contributed by atoms with van der Waals surface area (Å²) in [6.07, 6.45) is 0. The minimum atomic E-state index is -0.686. The van der Waals surface area contributed by atoms with E-state index in [1.54, 1.807) is 35.2 Å². The fraction of sp³-hybridized carbons (Fsp3) is 0.105. The molecule has 0 unspecified atom stereocenters. The van der Waals surface area contributed by atoms with E-state index in [2.05, 4.69) is 10.2 Å². The summed E-state index contributed by atoms with van der Waals surface area (Å²) in [5, 5.41) is 7.75. The molecule has 3 rings (SSSR count). The molecular weight excluding hydrogens is 354 g/mol. The van der Waals surface area contributed by atoms with Gasteiger partial charge in [0.2, 0.25) is 0 Å². The predicted molar refractivity (Wildman–Crippen MR) is 97.6 cm³/mol. The van der Waals surface area contributed by atoms with E-state index < -0.39 is 11.7 Å². The molecule has 0 aliphatic carbocycles. The van der Waals surface area contributed by atoms with Crippen LogP contribution in [-0.4, -0.2) is 17.5 Å². The van der Waals surface area contributed by atoms with E-state index in [1.807, 2.05) is 18.2 Å². The summed E-state index contributed by atoms with van der Waals surface area (Å²) in [7, 11) is 0. The summed E-state index contributed by atoms with van der Waals surface area (Å²) in [6.45, 7) is 2.70. The third kappa shape index (κ3) is 3.19. The Morgan fingerprint density at radius 3 is 2.23 bits per heavy atom. The van der Waals surface area contributed by atoms with Crippen LogP contribution in [0.3, 0.4) is 0 Å². The Morgan fingerprint density at radius 2 is 1.62 bits per heavy atom. The molecule has 1 amide bonds. The highest BCUT2D eigenvalue weighted by Crippen LogP contribution is 2.36. The van der Waals surface area contributed by atoms with E-state index >= 15 is 0 Å². The van der Waals surface area contributed by atoms with Gasteiger partial charge in [-0.2, -0.15) is 0 Å². The third-order valence-electron chi connectivity index (χ3n) is 3.84. The van der Waals surface area contributed by atoms with E-state index in [4.69, 9.17) is 11.6 Å². The highest BCUT2D eigenvalue weighted by Gasteiger charge is 2.31. The SMILES string of the molecule is CC(=O)C1=C(N(c2ccccc2)c2ccc(Cl)c(C(C)=O)c2)N=NC1=O. The van der Waals surface area contributed by atoms with Gasteiger partial charge in [0.15, 0.2) is 17.4 Å². The zero-order valence-corrected chi connectivity index (χ0v) is 14.8. The summed E-state index contributed by atoms with van der Waals surface area (Å²) in [5.41, 5.74) is 1.42. The van der Waals surface area contributed by atoms with Crippen molar-refractivity contribution < 1.29 is 14.4 Å². The Hall–Kier alpha value is -3.12. The number of Topliss-reactive ketones (excluding diaryl/α,β-unsaturated/α-hetero) is 2. The maximum atomic E-state index is 12.0. The largest absolute Gasteiger partial charge is 0.302 e. The molecule has 0 atom stereocenters. The number of amides is 1. The van der Waals surface area contributed by atoms with Gasteiger partial charge < -0.3 is 0 Å². The Labute approximate surface area is 154 Å². The molecule has 0 aromatic heterocycles. The van der Waals surface area contributed by atoms with E-state index in [1.165, 1.54) is 13.8 Å². The standard InChI is InChI=1S/C19H14ClN3O3/c1-11(24)15-10-14(8-9-16(15)20)23(13-6-4-3-5-7-13)18-17(12(2)25)19(26)22-21-18/h3-10H,1-2H3. The van der Waals surface area contributed by atoms with Crippen LogP contribution in [0.15, 0.2) is 70.2 Å². The van der Waals surface area contributed by atoms with Crippen molar-refractivity contribution in [3.05, 3.63) is 70.5 Å². The first kappa shape index (κ1) is 17.7. The molecular formula is C19H14ClN3O3.